The monoisotopic (exact) mass is 249 g/mol. The first-order valence-corrected chi connectivity index (χ1v) is 7.22. The van der Waals surface area contributed by atoms with Crippen molar-refractivity contribution in [3.63, 3.8) is 0 Å². The van der Waals surface area contributed by atoms with E-state index >= 15 is 0 Å². The van der Waals surface area contributed by atoms with Gasteiger partial charge in [-0.05, 0) is 19.4 Å². The molecular formula is C13H19N3S. The summed E-state index contributed by atoms with van der Waals surface area (Å²) in [5.74, 6) is 1.11. The van der Waals surface area contributed by atoms with Crippen LogP contribution in [0, 0.1) is 0 Å². The highest BCUT2D eigenvalue weighted by Gasteiger charge is 2.12. The van der Waals surface area contributed by atoms with Gasteiger partial charge in [0.25, 0.3) is 0 Å². The van der Waals surface area contributed by atoms with E-state index in [1.54, 1.807) is 0 Å². The Bertz CT molecular complexity index is 492. The van der Waals surface area contributed by atoms with Gasteiger partial charge in [-0.2, -0.15) is 16.9 Å². The van der Waals surface area contributed by atoms with Crippen molar-refractivity contribution in [2.75, 3.05) is 19.1 Å². The Morgan fingerprint density at radius 1 is 1.41 bits per heavy atom. The van der Waals surface area contributed by atoms with Gasteiger partial charge >= 0.3 is 0 Å². The van der Waals surface area contributed by atoms with Gasteiger partial charge in [0.15, 0.2) is 0 Å². The zero-order chi connectivity index (χ0) is 12.3. The van der Waals surface area contributed by atoms with E-state index < -0.39 is 0 Å². The minimum absolute atomic E-state index is 0.489. The first-order chi connectivity index (χ1) is 8.26. The fourth-order valence-electron chi connectivity index (χ4n) is 2.12. The maximum absolute atomic E-state index is 4.63. The molecule has 0 saturated carbocycles. The minimum atomic E-state index is 0.489. The molecule has 0 aliphatic heterocycles. The predicted octanol–water partition coefficient (Wildman–Crippen LogP) is 2.07. The highest BCUT2D eigenvalue weighted by molar-refractivity contribution is 7.98. The largest absolute Gasteiger partial charge is 0.316 e. The maximum Gasteiger partial charge on any atom is 0.0719 e. The number of thioether (sulfide) groups is 1. The second-order valence-electron chi connectivity index (χ2n) is 4.23. The SMILES string of the molecule is CNC(CSC)Cc1nn(C)c2ccccc12. The van der Waals surface area contributed by atoms with Gasteiger partial charge in [0.1, 0.15) is 0 Å². The Morgan fingerprint density at radius 2 is 2.18 bits per heavy atom. The molecule has 0 spiro atoms. The molecule has 1 N–H and O–H groups in total. The minimum Gasteiger partial charge on any atom is -0.316 e. The van der Waals surface area contributed by atoms with E-state index in [2.05, 4.69) is 40.9 Å². The molecule has 1 aromatic carbocycles. The molecule has 0 aliphatic rings. The zero-order valence-electron chi connectivity index (χ0n) is 10.6. The number of benzene rings is 1. The summed E-state index contributed by atoms with van der Waals surface area (Å²) in [6.07, 6.45) is 3.12. The molecule has 2 aromatic rings. The number of aryl methyl sites for hydroxylation is 1. The molecule has 1 aromatic heterocycles. The van der Waals surface area contributed by atoms with Crippen molar-refractivity contribution in [3.8, 4) is 0 Å². The van der Waals surface area contributed by atoms with Crippen LogP contribution in [0.1, 0.15) is 5.69 Å². The number of fused-ring (bicyclic) bond motifs is 1. The number of nitrogens with one attached hydrogen (secondary N) is 1. The first kappa shape index (κ1) is 12.5. The lowest BCUT2D eigenvalue weighted by molar-refractivity contribution is 0.603. The number of hydrogen-bond donors (Lipinski definition) is 1. The van der Waals surface area contributed by atoms with Crippen LogP contribution in [0.4, 0.5) is 0 Å². The molecule has 0 radical (unpaired) electrons. The summed E-state index contributed by atoms with van der Waals surface area (Å²) in [4.78, 5) is 0. The van der Waals surface area contributed by atoms with E-state index in [1.807, 2.05) is 30.5 Å². The molecule has 1 unspecified atom stereocenters. The fraction of sp³-hybridized carbons (Fsp3) is 0.462. The lowest BCUT2D eigenvalue weighted by Gasteiger charge is -2.13. The van der Waals surface area contributed by atoms with Crippen molar-refractivity contribution in [1.29, 1.82) is 0 Å². The van der Waals surface area contributed by atoms with Crippen LogP contribution >= 0.6 is 11.8 Å². The van der Waals surface area contributed by atoms with Crippen LogP contribution in [-0.4, -0.2) is 34.9 Å². The molecule has 17 heavy (non-hydrogen) atoms. The van der Waals surface area contributed by atoms with E-state index in [0.717, 1.165) is 12.2 Å². The third-order valence-electron chi connectivity index (χ3n) is 3.05. The Labute approximate surface area is 107 Å². The topological polar surface area (TPSA) is 29.9 Å². The van der Waals surface area contributed by atoms with Gasteiger partial charge in [0, 0.05) is 30.6 Å². The van der Waals surface area contributed by atoms with E-state index in [-0.39, 0.29) is 0 Å². The number of rotatable bonds is 5. The van der Waals surface area contributed by atoms with Gasteiger partial charge in [0.05, 0.1) is 11.2 Å². The number of likely N-dealkylation sites (N-methyl/N-ethyl adjacent to an activating group) is 1. The predicted molar refractivity (Wildman–Crippen MR) is 75.6 cm³/mol. The molecule has 0 saturated heterocycles. The van der Waals surface area contributed by atoms with Crippen LogP contribution in [0.3, 0.4) is 0 Å². The van der Waals surface area contributed by atoms with Crippen molar-refractivity contribution in [2.45, 2.75) is 12.5 Å². The number of hydrogen-bond acceptors (Lipinski definition) is 3. The maximum atomic E-state index is 4.63. The molecule has 1 heterocycles. The molecule has 2 rings (SSSR count). The summed E-state index contributed by atoms with van der Waals surface area (Å²) >= 11 is 1.87. The average molecular weight is 249 g/mol. The quantitative estimate of drug-likeness (QED) is 0.880. The Balaban J connectivity index is 2.29. The Kier molecular flexibility index (Phi) is 4.07. The van der Waals surface area contributed by atoms with Gasteiger partial charge in [-0.25, -0.2) is 0 Å². The van der Waals surface area contributed by atoms with Crippen molar-refractivity contribution < 1.29 is 0 Å². The van der Waals surface area contributed by atoms with E-state index in [9.17, 15) is 0 Å². The first-order valence-electron chi connectivity index (χ1n) is 5.83. The average Bonchev–Trinajstić information content (AvgIpc) is 2.66. The summed E-state index contributed by atoms with van der Waals surface area (Å²) in [6, 6.07) is 8.91. The second kappa shape index (κ2) is 5.56. The van der Waals surface area contributed by atoms with Gasteiger partial charge in [-0.3, -0.25) is 4.68 Å². The second-order valence-corrected chi connectivity index (χ2v) is 5.14. The molecule has 1 atom stereocenters. The van der Waals surface area contributed by atoms with Crippen LogP contribution in [0.25, 0.3) is 10.9 Å². The molecular weight excluding hydrogens is 230 g/mol. The zero-order valence-corrected chi connectivity index (χ0v) is 11.4. The normalized spacial score (nSPS) is 13.1. The lowest BCUT2D eigenvalue weighted by atomic mass is 10.1. The third kappa shape index (κ3) is 2.64. The summed E-state index contributed by atoms with van der Waals surface area (Å²) in [7, 11) is 4.03. The third-order valence-corrected chi connectivity index (χ3v) is 3.79. The molecule has 0 fully saturated rings. The summed E-state index contributed by atoms with van der Waals surface area (Å²) in [5.41, 5.74) is 2.40. The molecule has 92 valence electrons. The van der Waals surface area contributed by atoms with E-state index in [0.29, 0.717) is 6.04 Å². The smallest absolute Gasteiger partial charge is 0.0719 e. The molecule has 3 nitrogen and oxygen atoms in total. The van der Waals surface area contributed by atoms with Crippen LogP contribution in [0.5, 0.6) is 0 Å². The lowest BCUT2D eigenvalue weighted by Crippen LogP contribution is -2.30. The molecule has 0 bridgehead atoms. The number of para-hydroxylation sites is 1. The van der Waals surface area contributed by atoms with Gasteiger partial charge in [-0.1, -0.05) is 18.2 Å². The molecule has 0 amide bonds. The summed E-state index contributed by atoms with van der Waals surface area (Å²) < 4.78 is 1.97. The van der Waals surface area contributed by atoms with Gasteiger partial charge < -0.3 is 5.32 Å². The Morgan fingerprint density at radius 3 is 2.88 bits per heavy atom. The highest BCUT2D eigenvalue weighted by atomic mass is 32.2. The summed E-state index contributed by atoms with van der Waals surface area (Å²) in [5, 5.41) is 9.26. The Hall–Kier alpha value is -1.00. The fourth-order valence-corrected chi connectivity index (χ4v) is 2.81. The van der Waals surface area contributed by atoms with Crippen molar-refractivity contribution in [1.82, 2.24) is 15.1 Å². The standard InChI is InChI=1S/C13H19N3S/c1-14-10(9-17-3)8-12-11-6-4-5-7-13(11)16(2)15-12/h4-7,10,14H,8-9H2,1-3H3. The van der Waals surface area contributed by atoms with E-state index in [4.69, 9.17) is 0 Å². The van der Waals surface area contributed by atoms with Crippen molar-refractivity contribution in [3.05, 3.63) is 30.0 Å². The van der Waals surface area contributed by atoms with Gasteiger partial charge in [0.2, 0.25) is 0 Å². The van der Waals surface area contributed by atoms with Crippen LogP contribution < -0.4 is 5.32 Å². The van der Waals surface area contributed by atoms with Crippen LogP contribution in [-0.2, 0) is 13.5 Å². The number of nitrogens with zero attached hydrogens (tertiary/aromatic N) is 2. The van der Waals surface area contributed by atoms with Crippen molar-refractivity contribution in [2.24, 2.45) is 7.05 Å². The highest BCUT2D eigenvalue weighted by Crippen LogP contribution is 2.19. The van der Waals surface area contributed by atoms with E-state index in [1.165, 1.54) is 16.6 Å². The van der Waals surface area contributed by atoms with Crippen LogP contribution in [0.2, 0.25) is 0 Å². The molecule has 4 heteroatoms. The van der Waals surface area contributed by atoms with Crippen LogP contribution in [0.15, 0.2) is 24.3 Å². The van der Waals surface area contributed by atoms with Gasteiger partial charge in [-0.15, -0.1) is 0 Å². The van der Waals surface area contributed by atoms with Crippen molar-refractivity contribution >= 4 is 22.7 Å². The summed E-state index contributed by atoms with van der Waals surface area (Å²) in [6.45, 7) is 0. The number of aromatic nitrogens is 2. The molecule has 0 aliphatic carbocycles.